The van der Waals surface area contributed by atoms with Gasteiger partial charge in [0.25, 0.3) is 0 Å². The molecule has 124 valence electrons. The molecule has 0 aliphatic heterocycles. The smallest absolute Gasteiger partial charge is 0.191 e. The fourth-order valence-corrected chi connectivity index (χ4v) is 2.11. The Morgan fingerprint density at radius 2 is 1.86 bits per heavy atom. The van der Waals surface area contributed by atoms with Gasteiger partial charge >= 0.3 is 0 Å². The van der Waals surface area contributed by atoms with E-state index in [0.29, 0.717) is 6.10 Å². The molecule has 0 aliphatic carbocycles. The molecule has 0 radical (unpaired) electrons. The third kappa shape index (κ3) is 6.94. The molecule has 22 heavy (non-hydrogen) atoms. The van der Waals surface area contributed by atoms with E-state index < -0.39 is 0 Å². The van der Waals surface area contributed by atoms with Gasteiger partial charge in [0.05, 0.1) is 6.10 Å². The van der Waals surface area contributed by atoms with Gasteiger partial charge in [-0.15, -0.1) is 0 Å². The second kappa shape index (κ2) is 9.46. The van der Waals surface area contributed by atoms with E-state index in [1.54, 1.807) is 7.05 Å². The van der Waals surface area contributed by atoms with Crippen molar-refractivity contribution < 1.29 is 4.74 Å². The van der Waals surface area contributed by atoms with Gasteiger partial charge in [-0.2, -0.15) is 0 Å². The molecule has 1 aromatic carbocycles. The van der Waals surface area contributed by atoms with Crippen LogP contribution >= 0.6 is 0 Å². The van der Waals surface area contributed by atoms with Crippen LogP contribution in [0.25, 0.3) is 0 Å². The standard InChI is InChI=1S/C18H31N3O/c1-15(2)22-13-9-12-20-17(19-5)21-14-18(3,4)16-10-7-6-8-11-16/h6-8,10-11,15H,9,12-14H2,1-5H3,(H2,19,20,21). The topological polar surface area (TPSA) is 45.7 Å². The molecule has 0 saturated carbocycles. The summed E-state index contributed by atoms with van der Waals surface area (Å²) in [5.41, 5.74) is 1.38. The number of hydrogen-bond acceptors (Lipinski definition) is 2. The van der Waals surface area contributed by atoms with Gasteiger partial charge in [-0.1, -0.05) is 44.2 Å². The Morgan fingerprint density at radius 1 is 1.18 bits per heavy atom. The van der Waals surface area contributed by atoms with E-state index in [1.165, 1.54) is 5.56 Å². The predicted octanol–water partition coefficient (Wildman–Crippen LogP) is 2.94. The lowest BCUT2D eigenvalue weighted by Gasteiger charge is -2.26. The summed E-state index contributed by atoms with van der Waals surface area (Å²) in [6, 6.07) is 10.5. The third-order valence-corrected chi connectivity index (χ3v) is 3.54. The van der Waals surface area contributed by atoms with Crippen molar-refractivity contribution in [3.05, 3.63) is 35.9 Å². The monoisotopic (exact) mass is 305 g/mol. The van der Waals surface area contributed by atoms with E-state index in [4.69, 9.17) is 4.74 Å². The number of nitrogens with zero attached hydrogens (tertiary/aromatic N) is 1. The van der Waals surface area contributed by atoms with E-state index >= 15 is 0 Å². The maximum Gasteiger partial charge on any atom is 0.191 e. The van der Waals surface area contributed by atoms with Crippen molar-refractivity contribution in [1.29, 1.82) is 0 Å². The van der Waals surface area contributed by atoms with Crippen LogP contribution in [0.2, 0.25) is 0 Å². The summed E-state index contributed by atoms with van der Waals surface area (Å²) in [7, 11) is 1.80. The molecule has 0 bridgehead atoms. The molecule has 1 rings (SSSR count). The summed E-state index contributed by atoms with van der Waals surface area (Å²) < 4.78 is 5.53. The molecule has 0 saturated heterocycles. The largest absolute Gasteiger partial charge is 0.379 e. The highest BCUT2D eigenvalue weighted by molar-refractivity contribution is 5.79. The van der Waals surface area contributed by atoms with Crippen LogP contribution in [0.15, 0.2) is 35.3 Å². The minimum absolute atomic E-state index is 0.0552. The van der Waals surface area contributed by atoms with E-state index in [1.807, 2.05) is 6.07 Å². The van der Waals surface area contributed by atoms with Crippen LogP contribution in [-0.4, -0.2) is 38.8 Å². The van der Waals surface area contributed by atoms with Gasteiger partial charge in [-0.05, 0) is 25.8 Å². The Bertz CT molecular complexity index is 441. The summed E-state index contributed by atoms with van der Waals surface area (Å²) in [5, 5.41) is 6.73. The number of benzene rings is 1. The zero-order valence-corrected chi connectivity index (χ0v) is 14.6. The van der Waals surface area contributed by atoms with Crippen molar-refractivity contribution in [3.8, 4) is 0 Å². The fraction of sp³-hybridized carbons (Fsp3) is 0.611. The number of ether oxygens (including phenoxy) is 1. The second-order valence-corrected chi connectivity index (χ2v) is 6.38. The quantitative estimate of drug-likeness (QED) is 0.441. The van der Waals surface area contributed by atoms with Crippen LogP contribution in [0.5, 0.6) is 0 Å². The molecule has 0 aromatic heterocycles. The zero-order valence-electron chi connectivity index (χ0n) is 14.6. The fourth-order valence-electron chi connectivity index (χ4n) is 2.11. The molecule has 1 aromatic rings. The Hall–Kier alpha value is -1.55. The SMILES string of the molecule is CN=C(NCCCOC(C)C)NCC(C)(C)c1ccccc1. The van der Waals surface area contributed by atoms with E-state index in [-0.39, 0.29) is 5.41 Å². The van der Waals surface area contributed by atoms with Crippen LogP contribution in [-0.2, 0) is 10.2 Å². The minimum Gasteiger partial charge on any atom is -0.379 e. The third-order valence-electron chi connectivity index (χ3n) is 3.54. The highest BCUT2D eigenvalue weighted by Gasteiger charge is 2.20. The van der Waals surface area contributed by atoms with E-state index in [9.17, 15) is 0 Å². The molecular weight excluding hydrogens is 274 g/mol. The first-order chi connectivity index (χ1) is 10.5. The van der Waals surface area contributed by atoms with Gasteiger partial charge in [0.2, 0.25) is 0 Å². The predicted molar refractivity (Wildman–Crippen MR) is 94.5 cm³/mol. The Labute approximate surface area is 135 Å². The Kier molecular flexibility index (Phi) is 7.96. The highest BCUT2D eigenvalue weighted by Crippen LogP contribution is 2.21. The molecule has 0 amide bonds. The maximum atomic E-state index is 5.53. The molecule has 4 heteroatoms. The van der Waals surface area contributed by atoms with Gasteiger partial charge in [0.1, 0.15) is 0 Å². The number of nitrogens with one attached hydrogen (secondary N) is 2. The summed E-state index contributed by atoms with van der Waals surface area (Å²) in [4.78, 5) is 4.27. The van der Waals surface area contributed by atoms with Crippen molar-refractivity contribution in [2.24, 2.45) is 4.99 Å². The van der Waals surface area contributed by atoms with Crippen LogP contribution in [0.3, 0.4) is 0 Å². The summed E-state index contributed by atoms with van der Waals surface area (Å²) in [6.07, 6.45) is 1.27. The molecular formula is C18H31N3O. The number of rotatable bonds is 8. The first-order valence-corrected chi connectivity index (χ1v) is 8.07. The first kappa shape index (κ1) is 18.5. The summed E-state index contributed by atoms with van der Waals surface area (Å²) >= 11 is 0. The van der Waals surface area contributed by atoms with Crippen molar-refractivity contribution in [2.45, 2.75) is 45.6 Å². The number of hydrogen-bond donors (Lipinski definition) is 2. The van der Waals surface area contributed by atoms with Crippen LogP contribution in [0.4, 0.5) is 0 Å². The zero-order chi connectivity index (χ0) is 16.4. The molecule has 0 heterocycles. The average Bonchev–Trinajstić information content (AvgIpc) is 2.50. The summed E-state index contributed by atoms with van der Waals surface area (Å²) in [5.74, 6) is 0.841. The minimum atomic E-state index is 0.0552. The molecule has 0 aliphatic rings. The van der Waals surface area contributed by atoms with Crippen molar-refractivity contribution in [1.82, 2.24) is 10.6 Å². The lowest BCUT2D eigenvalue weighted by atomic mass is 9.85. The summed E-state index contributed by atoms with van der Waals surface area (Å²) in [6.45, 7) is 11.0. The van der Waals surface area contributed by atoms with Crippen LogP contribution < -0.4 is 10.6 Å². The Balaban J connectivity index is 2.34. The van der Waals surface area contributed by atoms with Gasteiger partial charge in [-0.25, -0.2) is 0 Å². The molecule has 0 unspecified atom stereocenters. The van der Waals surface area contributed by atoms with Crippen molar-refractivity contribution in [2.75, 3.05) is 26.7 Å². The molecule has 4 nitrogen and oxygen atoms in total. The van der Waals surface area contributed by atoms with Crippen molar-refractivity contribution in [3.63, 3.8) is 0 Å². The van der Waals surface area contributed by atoms with Crippen LogP contribution in [0, 0.1) is 0 Å². The molecule has 2 N–H and O–H groups in total. The average molecular weight is 305 g/mol. The lowest BCUT2D eigenvalue weighted by molar-refractivity contribution is 0.0776. The van der Waals surface area contributed by atoms with Gasteiger partial charge in [0, 0.05) is 32.2 Å². The number of guanidine groups is 1. The maximum absolute atomic E-state index is 5.53. The molecule has 0 fully saturated rings. The first-order valence-electron chi connectivity index (χ1n) is 8.07. The molecule has 0 atom stereocenters. The molecule has 0 spiro atoms. The van der Waals surface area contributed by atoms with Gasteiger partial charge in [-0.3, -0.25) is 4.99 Å². The van der Waals surface area contributed by atoms with Crippen LogP contribution in [0.1, 0.15) is 39.7 Å². The highest BCUT2D eigenvalue weighted by atomic mass is 16.5. The van der Waals surface area contributed by atoms with E-state index in [0.717, 1.165) is 32.1 Å². The van der Waals surface area contributed by atoms with Gasteiger partial charge < -0.3 is 15.4 Å². The van der Waals surface area contributed by atoms with Crippen molar-refractivity contribution >= 4 is 5.96 Å². The normalized spacial score (nSPS) is 12.5. The van der Waals surface area contributed by atoms with Gasteiger partial charge in [0.15, 0.2) is 5.96 Å². The Morgan fingerprint density at radius 3 is 2.45 bits per heavy atom. The second-order valence-electron chi connectivity index (χ2n) is 6.38. The van der Waals surface area contributed by atoms with E-state index in [2.05, 4.69) is 67.6 Å². The lowest BCUT2D eigenvalue weighted by Crippen LogP contribution is -2.43. The number of aliphatic imine (C=N–C) groups is 1.